The van der Waals surface area contributed by atoms with Gasteiger partial charge in [0, 0.05) is 12.5 Å². The highest BCUT2D eigenvalue weighted by Crippen LogP contribution is 2.39. The molecule has 0 aromatic carbocycles. The van der Waals surface area contributed by atoms with Gasteiger partial charge in [0.15, 0.2) is 5.82 Å². The number of hydrogen-bond donors (Lipinski definition) is 1. The van der Waals surface area contributed by atoms with Gasteiger partial charge in [-0.25, -0.2) is 0 Å². The summed E-state index contributed by atoms with van der Waals surface area (Å²) in [7, 11) is 1.83. The van der Waals surface area contributed by atoms with Crippen LogP contribution in [0.3, 0.4) is 0 Å². The van der Waals surface area contributed by atoms with Crippen molar-refractivity contribution < 1.29 is 0 Å². The fraction of sp³-hybridized carbons (Fsp3) is 0.933. The van der Waals surface area contributed by atoms with Crippen LogP contribution in [-0.4, -0.2) is 32.8 Å². The number of tetrazole rings is 1. The van der Waals surface area contributed by atoms with Crippen LogP contribution in [0, 0.1) is 11.3 Å². The molecule has 0 amide bonds. The topological polar surface area (TPSA) is 55.6 Å². The molecule has 2 rings (SSSR count). The molecular formula is C15H29N5. The Hall–Kier alpha value is -0.970. The maximum absolute atomic E-state index is 4.34. The maximum Gasteiger partial charge on any atom is 0.176 e. The number of aryl methyl sites for hydroxylation is 1. The Morgan fingerprint density at radius 1 is 1.35 bits per heavy atom. The van der Waals surface area contributed by atoms with Crippen LogP contribution in [0.4, 0.5) is 0 Å². The zero-order chi connectivity index (χ0) is 14.6. The van der Waals surface area contributed by atoms with Crippen molar-refractivity contribution in [3.05, 3.63) is 5.82 Å². The normalized spacial score (nSPS) is 21.0. The molecule has 1 unspecified atom stereocenters. The van der Waals surface area contributed by atoms with Gasteiger partial charge in [0.05, 0.1) is 7.05 Å². The second-order valence-corrected chi connectivity index (χ2v) is 6.96. The summed E-state index contributed by atoms with van der Waals surface area (Å²) in [6, 6.07) is 0.496. The third-order valence-electron chi connectivity index (χ3n) is 4.56. The lowest BCUT2D eigenvalue weighted by molar-refractivity contribution is 0.160. The van der Waals surface area contributed by atoms with Gasteiger partial charge >= 0.3 is 0 Å². The molecule has 1 aliphatic carbocycles. The van der Waals surface area contributed by atoms with E-state index in [1.807, 2.05) is 7.05 Å². The van der Waals surface area contributed by atoms with Gasteiger partial charge in [0.1, 0.15) is 0 Å². The average molecular weight is 279 g/mol. The van der Waals surface area contributed by atoms with Gasteiger partial charge in [0.2, 0.25) is 0 Å². The Morgan fingerprint density at radius 2 is 2.05 bits per heavy atom. The Balaban J connectivity index is 1.96. The minimum atomic E-state index is 0.496. The molecule has 0 spiro atoms. The van der Waals surface area contributed by atoms with E-state index in [1.165, 1.54) is 32.1 Å². The Morgan fingerprint density at radius 3 is 2.60 bits per heavy atom. The van der Waals surface area contributed by atoms with Crippen molar-refractivity contribution in [1.29, 1.82) is 0 Å². The molecule has 5 nitrogen and oxygen atoms in total. The van der Waals surface area contributed by atoms with Gasteiger partial charge in [-0.1, -0.05) is 20.8 Å². The van der Waals surface area contributed by atoms with Crippen LogP contribution in [0.25, 0.3) is 0 Å². The molecule has 0 aliphatic heterocycles. The van der Waals surface area contributed by atoms with E-state index in [2.05, 4.69) is 41.5 Å². The fourth-order valence-electron chi connectivity index (χ4n) is 3.16. The highest BCUT2D eigenvalue weighted by Gasteiger charge is 2.31. The van der Waals surface area contributed by atoms with Crippen LogP contribution in [0.2, 0.25) is 0 Å². The highest BCUT2D eigenvalue weighted by molar-refractivity contribution is 4.91. The lowest BCUT2D eigenvalue weighted by Crippen LogP contribution is -2.41. The zero-order valence-corrected chi connectivity index (χ0v) is 13.4. The lowest BCUT2D eigenvalue weighted by atomic mass is 9.70. The molecule has 1 aromatic heterocycles. The van der Waals surface area contributed by atoms with Gasteiger partial charge in [-0.3, -0.25) is 0 Å². The molecule has 1 aromatic rings. The third kappa shape index (κ3) is 4.27. The number of nitrogens with zero attached hydrogens (tertiary/aromatic N) is 4. The van der Waals surface area contributed by atoms with Crippen LogP contribution in [0.15, 0.2) is 0 Å². The van der Waals surface area contributed by atoms with E-state index in [9.17, 15) is 0 Å². The third-order valence-corrected chi connectivity index (χ3v) is 4.56. The van der Waals surface area contributed by atoms with Crippen molar-refractivity contribution in [2.75, 3.05) is 6.54 Å². The van der Waals surface area contributed by atoms with Gasteiger partial charge in [-0.2, -0.15) is 4.80 Å². The van der Waals surface area contributed by atoms with Crippen molar-refractivity contribution in [2.45, 2.75) is 65.3 Å². The van der Waals surface area contributed by atoms with Gasteiger partial charge < -0.3 is 5.32 Å². The molecule has 1 saturated carbocycles. The van der Waals surface area contributed by atoms with Crippen molar-refractivity contribution in [3.63, 3.8) is 0 Å². The van der Waals surface area contributed by atoms with E-state index >= 15 is 0 Å². The predicted molar refractivity (Wildman–Crippen MR) is 80.3 cm³/mol. The molecule has 0 bridgehead atoms. The molecule has 1 aliphatic rings. The average Bonchev–Trinajstić information content (AvgIpc) is 2.80. The van der Waals surface area contributed by atoms with Gasteiger partial charge in [-0.05, 0) is 55.2 Å². The first-order chi connectivity index (χ1) is 9.50. The van der Waals surface area contributed by atoms with Crippen molar-refractivity contribution in [1.82, 2.24) is 25.5 Å². The van der Waals surface area contributed by atoms with Gasteiger partial charge in [0.25, 0.3) is 0 Å². The minimum absolute atomic E-state index is 0.496. The summed E-state index contributed by atoms with van der Waals surface area (Å²) in [6.07, 6.45) is 7.36. The molecule has 1 fully saturated rings. The van der Waals surface area contributed by atoms with Crippen LogP contribution >= 0.6 is 0 Å². The molecule has 1 atom stereocenters. The van der Waals surface area contributed by atoms with Crippen molar-refractivity contribution >= 4 is 0 Å². The largest absolute Gasteiger partial charge is 0.313 e. The lowest BCUT2D eigenvalue weighted by Gasteiger charge is -2.38. The molecule has 5 heteroatoms. The SMILES string of the molecule is CCCNC(Cc1nnn(C)n1)C1CCC(C)(C)CC1. The second-order valence-electron chi connectivity index (χ2n) is 6.96. The summed E-state index contributed by atoms with van der Waals surface area (Å²) in [4.78, 5) is 1.55. The summed E-state index contributed by atoms with van der Waals surface area (Å²) in [6.45, 7) is 8.07. The first-order valence-electron chi connectivity index (χ1n) is 7.96. The van der Waals surface area contributed by atoms with E-state index in [-0.39, 0.29) is 0 Å². The maximum atomic E-state index is 4.34. The van der Waals surface area contributed by atoms with Gasteiger partial charge in [-0.15, -0.1) is 10.2 Å². The number of aromatic nitrogens is 4. The minimum Gasteiger partial charge on any atom is -0.313 e. The fourth-order valence-corrected chi connectivity index (χ4v) is 3.16. The Labute approximate surface area is 122 Å². The highest BCUT2D eigenvalue weighted by atomic mass is 15.6. The molecule has 1 N–H and O–H groups in total. The smallest absolute Gasteiger partial charge is 0.176 e. The predicted octanol–water partition coefficient (Wildman–Crippen LogP) is 2.34. The van der Waals surface area contributed by atoms with E-state index < -0.39 is 0 Å². The van der Waals surface area contributed by atoms with Crippen molar-refractivity contribution in [3.8, 4) is 0 Å². The quantitative estimate of drug-likeness (QED) is 0.868. The summed E-state index contributed by atoms with van der Waals surface area (Å²) in [5, 5.41) is 16.1. The van der Waals surface area contributed by atoms with E-state index in [0.717, 1.165) is 24.7 Å². The van der Waals surface area contributed by atoms with E-state index in [4.69, 9.17) is 0 Å². The molecule has 1 heterocycles. The Kier molecular flexibility index (Phi) is 5.13. The summed E-state index contributed by atoms with van der Waals surface area (Å²) >= 11 is 0. The number of rotatable bonds is 6. The van der Waals surface area contributed by atoms with Crippen molar-refractivity contribution in [2.24, 2.45) is 18.4 Å². The summed E-state index contributed by atoms with van der Waals surface area (Å²) < 4.78 is 0. The first kappa shape index (κ1) is 15.4. The summed E-state index contributed by atoms with van der Waals surface area (Å²) in [5.41, 5.74) is 0.524. The van der Waals surface area contributed by atoms with E-state index in [1.54, 1.807) is 4.80 Å². The van der Waals surface area contributed by atoms with Crippen LogP contribution in [0.5, 0.6) is 0 Å². The second kappa shape index (κ2) is 6.66. The standard InChI is InChI=1S/C15H29N5/c1-5-10-16-13(11-14-17-19-20(4)18-14)12-6-8-15(2,3)9-7-12/h12-13,16H,5-11H2,1-4H3. The van der Waals surface area contributed by atoms with Crippen LogP contribution < -0.4 is 5.32 Å². The molecule has 0 saturated heterocycles. The molecule has 0 radical (unpaired) electrons. The molecule has 114 valence electrons. The number of hydrogen-bond acceptors (Lipinski definition) is 4. The monoisotopic (exact) mass is 279 g/mol. The Bertz CT molecular complexity index is 402. The molecule has 20 heavy (non-hydrogen) atoms. The van der Waals surface area contributed by atoms with E-state index in [0.29, 0.717) is 11.5 Å². The summed E-state index contributed by atoms with van der Waals surface area (Å²) in [5.74, 6) is 1.62. The molecular weight excluding hydrogens is 250 g/mol. The van der Waals surface area contributed by atoms with Crippen LogP contribution in [0.1, 0.15) is 58.7 Å². The van der Waals surface area contributed by atoms with Crippen LogP contribution in [-0.2, 0) is 13.5 Å². The zero-order valence-electron chi connectivity index (χ0n) is 13.4. The first-order valence-corrected chi connectivity index (χ1v) is 7.96. The number of nitrogens with one attached hydrogen (secondary N) is 1.